The maximum atomic E-state index is 5.47. The molecule has 70 valence electrons. The van der Waals surface area contributed by atoms with Gasteiger partial charge in [0.05, 0.1) is 0 Å². The van der Waals surface area contributed by atoms with Crippen molar-refractivity contribution >= 4 is 0 Å². The van der Waals surface area contributed by atoms with Gasteiger partial charge in [0.2, 0.25) is 0 Å². The number of hydrogen-bond acceptors (Lipinski definition) is 1. The fourth-order valence-electron chi connectivity index (χ4n) is 2.04. The van der Waals surface area contributed by atoms with Gasteiger partial charge >= 0.3 is 0 Å². The van der Waals surface area contributed by atoms with E-state index in [4.69, 9.17) is 5.73 Å². The van der Waals surface area contributed by atoms with Crippen LogP contribution >= 0.6 is 0 Å². The second-order valence-corrected chi connectivity index (χ2v) is 3.89. The number of hydrogen-bond donors (Lipinski definition) is 1. The third kappa shape index (κ3) is 2.98. The van der Waals surface area contributed by atoms with Crippen LogP contribution in [0.25, 0.3) is 0 Å². The summed E-state index contributed by atoms with van der Waals surface area (Å²) >= 11 is 0. The molecule has 0 spiro atoms. The van der Waals surface area contributed by atoms with Crippen molar-refractivity contribution in [1.29, 1.82) is 0 Å². The highest BCUT2D eigenvalue weighted by atomic mass is 14.5. The zero-order chi connectivity index (χ0) is 8.81. The van der Waals surface area contributed by atoms with Gasteiger partial charge in [-0.25, -0.2) is 0 Å². The molecule has 2 N–H and O–H groups in total. The molecule has 1 saturated carbocycles. The topological polar surface area (TPSA) is 26.0 Å². The summed E-state index contributed by atoms with van der Waals surface area (Å²) in [5.74, 6) is 0.824. The summed E-state index contributed by atoms with van der Waals surface area (Å²) in [6, 6.07) is 0. The smallest absolute Gasteiger partial charge is 0.00742 e. The number of allylic oxidation sites excluding steroid dienone is 1. The van der Waals surface area contributed by atoms with Crippen molar-refractivity contribution in [3.05, 3.63) is 12.2 Å². The molecule has 0 bridgehead atoms. The minimum atomic E-state index is 0.811. The predicted octanol–water partition coefficient (Wildman–Crippen LogP) is 2.86. The highest BCUT2D eigenvalue weighted by molar-refractivity contribution is 5.01. The molecular weight excluding hydrogens is 146 g/mol. The monoisotopic (exact) mass is 167 g/mol. The molecule has 0 aliphatic heterocycles. The molecule has 0 saturated heterocycles. The van der Waals surface area contributed by atoms with E-state index in [0.717, 1.165) is 25.3 Å². The summed E-state index contributed by atoms with van der Waals surface area (Å²) in [5.41, 5.74) is 6.92. The van der Waals surface area contributed by atoms with Crippen LogP contribution in [0.4, 0.5) is 0 Å². The zero-order valence-electron chi connectivity index (χ0n) is 8.02. The molecule has 0 atom stereocenters. The zero-order valence-corrected chi connectivity index (χ0v) is 8.02. The molecule has 1 aliphatic rings. The van der Waals surface area contributed by atoms with Crippen molar-refractivity contribution in [1.82, 2.24) is 0 Å². The molecule has 0 unspecified atom stereocenters. The Kier molecular flexibility index (Phi) is 4.37. The lowest BCUT2D eigenvalue weighted by molar-refractivity contribution is 0.394. The van der Waals surface area contributed by atoms with E-state index in [1.807, 2.05) is 0 Å². The fraction of sp³-hybridized carbons (Fsp3) is 0.818. The molecule has 0 aromatic rings. The number of nitrogens with two attached hydrogens (primary N) is 1. The van der Waals surface area contributed by atoms with Gasteiger partial charge < -0.3 is 5.73 Å². The van der Waals surface area contributed by atoms with Gasteiger partial charge in [-0.1, -0.05) is 31.4 Å². The first-order chi connectivity index (χ1) is 5.84. The molecule has 0 aromatic carbocycles. The fourth-order valence-corrected chi connectivity index (χ4v) is 2.04. The lowest BCUT2D eigenvalue weighted by Gasteiger charge is -2.23. The standard InChI is InChI=1S/C11H21N/c1-10(6-5-9-12)11-7-3-2-4-8-11/h11H,1-9,12H2. The van der Waals surface area contributed by atoms with Gasteiger partial charge in [0.1, 0.15) is 0 Å². The molecule has 1 rings (SSSR count). The molecule has 0 aromatic heterocycles. The van der Waals surface area contributed by atoms with Crippen LogP contribution in [0.1, 0.15) is 44.9 Å². The van der Waals surface area contributed by atoms with E-state index in [9.17, 15) is 0 Å². The summed E-state index contributed by atoms with van der Waals surface area (Å²) in [4.78, 5) is 0. The molecular formula is C11H21N. The normalized spacial score (nSPS) is 19.4. The van der Waals surface area contributed by atoms with Gasteiger partial charge in [-0.2, -0.15) is 0 Å². The Morgan fingerprint density at radius 3 is 2.50 bits per heavy atom. The van der Waals surface area contributed by atoms with E-state index in [1.165, 1.54) is 37.7 Å². The molecule has 0 amide bonds. The summed E-state index contributed by atoms with van der Waals surface area (Å²) in [7, 11) is 0. The van der Waals surface area contributed by atoms with Crippen molar-refractivity contribution < 1.29 is 0 Å². The van der Waals surface area contributed by atoms with Crippen LogP contribution in [0.2, 0.25) is 0 Å². The molecule has 1 heteroatoms. The third-order valence-electron chi connectivity index (χ3n) is 2.88. The van der Waals surface area contributed by atoms with Crippen LogP contribution in [-0.4, -0.2) is 6.54 Å². The minimum Gasteiger partial charge on any atom is -0.330 e. The Labute approximate surface area is 76.0 Å². The summed E-state index contributed by atoms with van der Waals surface area (Å²) in [5, 5.41) is 0. The van der Waals surface area contributed by atoms with E-state index < -0.39 is 0 Å². The van der Waals surface area contributed by atoms with E-state index in [0.29, 0.717) is 0 Å². The van der Waals surface area contributed by atoms with E-state index in [2.05, 4.69) is 6.58 Å². The third-order valence-corrected chi connectivity index (χ3v) is 2.88. The van der Waals surface area contributed by atoms with Crippen LogP contribution in [0.5, 0.6) is 0 Å². The largest absolute Gasteiger partial charge is 0.330 e. The van der Waals surface area contributed by atoms with Crippen molar-refractivity contribution in [2.75, 3.05) is 6.54 Å². The van der Waals surface area contributed by atoms with Gasteiger partial charge in [0, 0.05) is 0 Å². The average molecular weight is 167 g/mol. The Morgan fingerprint density at radius 2 is 1.92 bits per heavy atom. The predicted molar refractivity (Wildman–Crippen MR) is 54.0 cm³/mol. The highest BCUT2D eigenvalue weighted by Gasteiger charge is 2.15. The molecule has 1 fully saturated rings. The Morgan fingerprint density at radius 1 is 1.25 bits per heavy atom. The van der Waals surface area contributed by atoms with Gasteiger partial charge in [0.15, 0.2) is 0 Å². The van der Waals surface area contributed by atoms with Gasteiger partial charge in [-0.3, -0.25) is 0 Å². The summed E-state index contributed by atoms with van der Waals surface area (Å²) in [6.45, 7) is 4.97. The maximum Gasteiger partial charge on any atom is -0.00742 e. The van der Waals surface area contributed by atoms with E-state index in [-0.39, 0.29) is 0 Å². The lowest BCUT2D eigenvalue weighted by atomic mass is 9.83. The van der Waals surface area contributed by atoms with Gasteiger partial charge in [0.25, 0.3) is 0 Å². The van der Waals surface area contributed by atoms with Crippen LogP contribution < -0.4 is 5.73 Å². The molecule has 1 aliphatic carbocycles. The second-order valence-electron chi connectivity index (χ2n) is 3.89. The number of rotatable bonds is 4. The van der Waals surface area contributed by atoms with Crippen LogP contribution in [0.15, 0.2) is 12.2 Å². The molecule has 1 nitrogen and oxygen atoms in total. The first kappa shape index (κ1) is 9.79. The van der Waals surface area contributed by atoms with Crippen LogP contribution in [-0.2, 0) is 0 Å². The van der Waals surface area contributed by atoms with Crippen molar-refractivity contribution in [2.24, 2.45) is 11.7 Å². The average Bonchev–Trinajstić information content (AvgIpc) is 2.15. The first-order valence-corrected chi connectivity index (χ1v) is 5.22. The van der Waals surface area contributed by atoms with Crippen molar-refractivity contribution in [2.45, 2.75) is 44.9 Å². The van der Waals surface area contributed by atoms with Crippen molar-refractivity contribution in [3.8, 4) is 0 Å². The van der Waals surface area contributed by atoms with Crippen molar-refractivity contribution in [3.63, 3.8) is 0 Å². The molecule has 12 heavy (non-hydrogen) atoms. The lowest BCUT2D eigenvalue weighted by Crippen LogP contribution is -2.09. The Balaban J connectivity index is 2.20. The quantitative estimate of drug-likeness (QED) is 0.640. The van der Waals surface area contributed by atoms with Gasteiger partial charge in [-0.15, -0.1) is 0 Å². The highest BCUT2D eigenvalue weighted by Crippen LogP contribution is 2.30. The van der Waals surface area contributed by atoms with E-state index in [1.54, 1.807) is 0 Å². The van der Waals surface area contributed by atoms with Crippen LogP contribution in [0, 0.1) is 5.92 Å². The minimum absolute atomic E-state index is 0.811. The van der Waals surface area contributed by atoms with Gasteiger partial charge in [-0.05, 0) is 38.1 Å². The maximum absolute atomic E-state index is 5.47. The summed E-state index contributed by atoms with van der Waals surface area (Å²) in [6.07, 6.45) is 9.28. The molecule has 0 heterocycles. The second kappa shape index (κ2) is 5.36. The van der Waals surface area contributed by atoms with Crippen LogP contribution in [0.3, 0.4) is 0 Å². The first-order valence-electron chi connectivity index (χ1n) is 5.22. The Bertz CT molecular complexity index is 134. The SMILES string of the molecule is C=C(CCCN)C1CCCCC1. The van der Waals surface area contributed by atoms with E-state index >= 15 is 0 Å². The Hall–Kier alpha value is -0.300. The summed E-state index contributed by atoms with van der Waals surface area (Å²) < 4.78 is 0. The molecule has 0 radical (unpaired) electrons.